The molecule has 0 atom stereocenters. The molecule has 0 spiro atoms. The van der Waals surface area contributed by atoms with Gasteiger partial charge in [-0.15, -0.1) is 0 Å². The number of rotatable bonds is 7. The molecule has 0 amide bonds. The first-order valence-electron chi connectivity index (χ1n) is 9.36. The van der Waals surface area contributed by atoms with Crippen molar-refractivity contribution in [3.05, 3.63) is 47.5 Å². The summed E-state index contributed by atoms with van der Waals surface area (Å²) >= 11 is 0. The summed E-state index contributed by atoms with van der Waals surface area (Å²) in [5.74, 6) is 0.504. The van der Waals surface area contributed by atoms with Gasteiger partial charge in [0.1, 0.15) is 10.6 Å². The predicted molar refractivity (Wildman–Crippen MR) is 105 cm³/mol. The number of hydrogen-bond donors (Lipinski definition) is 1. The van der Waals surface area contributed by atoms with Crippen LogP contribution < -0.4 is 4.72 Å². The number of nitrogens with zero attached hydrogens (tertiary/aromatic N) is 5. The Balaban J connectivity index is 1.51. The average Bonchev–Trinajstić information content (AvgIpc) is 3.35. The maximum atomic E-state index is 12.7. The van der Waals surface area contributed by atoms with Crippen LogP contribution in [0, 0.1) is 13.8 Å². The number of aromatic nitrogens is 5. The molecule has 0 unspecified atom stereocenters. The third-order valence-electron chi connectivity index (χ3n) is 5.06. The highest BCUT2D eigenvalue weighted by Gasteiger charge is 2.29. The van der Waals surface area contributed by atoms with E-state index in [0.29, 0.717) is 23.9 Å². The molecule has 9 heteroatoms. The van der Waals surface area contributed by atoms with Gasteiger partial charge < -0.3 is 0 Å². The lowest BCUT2D eigenvalue weighted by Crippen LogP contribution is -2.29. The van der Waals surface area contributed by atoms with Crippen LogP contribution in [0.5, 0.6) is 0 Å². The summed E-state index contributed by atoms with van der Waals surface area (Å²) in [6, 6.07) is 7.81. The van der Waals surface area contributed by atoms with Crippen molar-refractivity contribution in [3.8, 4) is 11.4 Å². The molecular formula is C19H24N6O2S. The number of aryl methyl sites for hydroxylation is 2. The first-order chi connectivity index (χ1) is 13.4. The highest BCUT2D eigenvalue weighted by molar-refractivity contribution is 7.89. The van der Waals surface area contributed by atoms with Crippen LogP contribution in [-0.4, -0.2) is 39.5 Å². The van der Waals surface area contributed by atoms with Crippen molar-refractivity contribution in [2.75, 3.05) is 6.54 Å². The summed E-state index contributed by atoms with van der Waals surface area (Å²) in [6.07, 6.45) is 4.04. The Hall–Kier alpha value is -2.52. The zero-order valence-electron chi connectivity index (χ0n) is 16.3. The second-order valence-corrected chi connectivity index (χ2v) is 8.89. The van der Waals surface area contributed by atoms with Gasteiger partial charge in [0.15, 0.2) is 0 Å². The minimum Gasteiger partial charge on any atom is -0.271 e. The fraction of sp³-hybridized carbons (Fsp3) is 0.421. The molecule has 28 heavy (non-hydrogen) atoms. The van der Waals surface area contributed by atoms with E-state index in [-0.39, 0.29) is 11.4 Å². The molecule has 1 N–H and O–H groups in total. The maximum absolute atomic E-state index is 12.7. The van der Waals surface area contributed by atoms with Gasteiger partial charge in [0.2, 0.25) is 10.0 Å². The summed E-state index contributed by atoms with van der Waals surface area (Å²) in [5.41, 5.74) is 3.92. The number of nitrogens with one attached hydrogen (secondary N) is 1. The van der Waals surface area contributed by atoms with Gasteiger partial charge in [0.25, 0.3) is 0 Å². The fourth-order valence-corrected chi connectivity index (χ4v) is 4.91. The molecule has 3 aromatic rings. The zero-order valence-corrected chi connectivity index (χ0v) is 17.1. The van der Waals surface area contributed by atoms with E-state index in [0.717, 1.165) is 29.9 Å². The molecule has 148 valence electrons. The molecule has 1 aliphatic rings. The number of pyridine rings is 1. The molecule has 0 aromatic carbocycles. The number of hydrogen-bond acceptors (Lipinski definition) is 5. The lowest BCUT2D eigenvalue weighted by atomic mass is 10.2. The van der Waals surface area contributed by atoms with E-state index in [1.165, 1.54) is 0 Å². The van der Waals surface area contributed by atoms with Crippen molar-refractivity contribution in [3.63, 3.8) is 0 Å². The molecule has 1 aliphatic carbocycles. The van der Waals surface area contributed by atoms with Gasteiger partial charge in [-0.3, -0.25) is 14.3 Å². The molecule has 1 saturated carbocycles. The van der Waals surface area contributed by atoms with E-state index < -0.39 is 10.0 Å². The van der Waals surface area contributed by atoms with Crippen LogP contribution in [0.1, 0.15) is 35.8 Å². The Labute approximate surface area is 164 Å². The van der Waals surface area contributed by atoms with E-state index in [2.05, 4.69) is 26.0 Å². The summed E-state index contributed by atoms with van der Waals surface area (Å²) in [6.45, 7) is 4.20. The normalized spacial score (nSPS) is 14.5. The van der Waals surface area contributed by atoms with E-state index in [9.17, 15) is 8.42 Å². The van der Waals surface area contributed by atoms with E-state index in [1.54, 1.807) is 31.8 Å². The number of sulfonamides is 1. The third-order valence-corrected chi connectivity index (χ3v) is 6.77. The van der Waals surface area contributed by atoms with Crippen LogP contribution in [0.15, 0.2) is 35.4 Å². The van der Waals surface area contributed by atoms with E-state index >= 15 is 0 Å². The molecule has 3 heterocycles. The highest BCUT2D eigenvalue weighted by Crippen LogP contribution is 2.41. The maximum Gasteiger partial charge on any atom is 0.244 e. The molecule has 1 fully saturated rings. The smallest absolute Gasteiger partial charge is 0.244 e. The SMILES string of the molecule is Cc1nn(C)c(C)c1S(=O)(=O)NCCn1nc(-c2ccccn2)cc1C1CC1. The predicted octanol–water partition coefficient (Wildman–Crippen LogP) is 2.15. The summed E-state index contributed by atoms with van der Waals surface area (Å²) < 4.78 is 31.7. The molecule has 8 nitrogen and oxygen atoms in total. The third kappa shape index (κ3) is 3.59. The van der Waals surface area contributed by atoms with Crippen LogP contribution in [0.4, 0.5) is 0 Å². The lowest BCUT2D eigenvalue weighted by Gasteiger charge is -2.09. The lowest BCUT2D eigenvalue weighted by molar-refractivity contribution is 0.550. The largest absolute Gasteiger partial charge is 0.271 e. The van der Waals surface area contributed by atoms with Crippen LogP contribution in [-0.2, 0) is 23.6 Å². The quantitative estimate of drug-likeness (QED) is 0.656. The van der Waals surface area contributed by atoms with Crippen molar-refractivity contribution in [2.45, 2.75) is 44.0 Å². The average molecular weight is 401 g/mol. The van der Waals surface area contributed by atoms with Crippen molar-refractivity contribution < 1.29 is 8.42 Å². The summed E-state index contributed by atoms with van der Waals surface area (Å²) in [4.78, 5) is 4.62. The molecule has 0 saturated heterocycles. The Kier molecular flexibility index (Phi) is 4.80. The van der Waals surface area contributed by atoms with Crippen LogP contribution in [0.25, 0.3) is 11.4 Å². The Morgan fingerprint density at radius 2 is 1.96 bits per heavy atom. The van der Waals surface area contributed by atoms with Crippen molar-refractivity contribution >= 4 is 10.0 Å². The van der Waals surface area contributed by atoms with Gasteiger partial charge >= 0.3 is 0 Å². The summed E-state index contributed by atoms with van der Waals surface area (Å²) in [5, 5.41) is 8.87. The second kappa shape index (κ2) is 7.14. The van der Waals surface area contributed by atoms with Gasteiger partial charge in [-0.2, -0.15) is 10.2 Å². The van der Waals surface area contributed by atoms with E-state index in [4.69, 9.17) is 0 Å². The van der Waals surface area contributed by atoms with Gasteiger partial charge in [0.05, 0.1) is 23.6 Å². The molecular weight excluding hydrogens is 376 g/mol. The minimum atomic E-state index is -3.62. The Morgan fingerprint density at radius 3 is 2.57 bits per heavy atom. The topological polar surface area (TPSA) is 94.7 Å². The zero-order chi connectivity index (χ0) is 19.9. The van der Waals surface area contributed by atoms with Crippen molar-refractivity contribution in [1.29, 1.82) is 0 Å². The molecule has 0 radical (unpaired) electrons. The first kappa shape index (κ1) is 18.8. The van der Waals surface area contributed by atoms with Gasteiger partial charge in [-0.25, -0.2) is 13.1 Å². The van der Waals surface area contributed by atoms with Gasteiger partial charge in [-0.05, 0) is 44.9 Å². The van der Waals surface area contributed by atoms with Crippen molar-refractivity contribution in [1.82, 2.24) is 29.3 Å². The van der Waals surface area contributed by atoms with E-state index in [1.807, 2.05) is 22.9 Å². The Morgan fingerprint density at radius 1 is 1.18 bits per heavy atom. The molecule has 4 rings (SSSR count). The molecule has 0 bridgehead atoms. The van der Waals surface area contributed by atoms with Crippen LogP contribution >= 0.6 is 0 Å². The van der Waals surface area contributed by atoms with Crippen LogP contribution in [0.2, 0.25) is 0 Å². The second-order valence-electron chi connectivity index (χ2n) is 7.19. The molecule has 3 aromatic heterocycles. The van der Waals surface area contributed by atoms with Gasteiger partial charge in [-0.1, -0.05) is 6.07 Å². The standard InChI is InChI=1S/C19H24N6O2S/c1-13-19(14(2)24(3)22-13)28(26,27)21-10-11-25-18(15-7-8-15)12-17(23-25)16-6-4-5-9-20-16/h4-6,9,12,15,21H,7-8,10-11H2,1-3H3. The fourth-order valence-electron chi connectivity index (χ4n) is 3.46. The van der Waals surface area contributed by atoms with Crippen LogP contribution in [0.3, 0.4) is 0 Å². The molecule has 0 aliphatic heterocycles. The Bertz CT molecular complexity index is 1100. The minimum absolute atomic E-state index is 0.257. The first-order valence-corrected chi connectivity index (χ1v) is 10.8. The van der Waals surface area contributed by atoms with Crippen molar-refractivity contribution in [2.24, 2.45) is 7.05 Å². The summed E-state index contributed by atoms with van der Waals surface area (Å²) in [7, 11) is -1.88. The highest BCUT2D eigenvalue weighted by atomic mass is 32.2. The van der Waals surface area contributed by atoms with Gasteiger partial charge in [0, 0.05) is 31.4 Å². The monoisotopic (exact) mass is 400 g/mol.